The van der Waals surface area contributed by atoms with Crippen LogP contribution in [0.5, 0.6) is 0 Å². The summed E-state index contributed by atoms with van der Waals surface area (Å²) in [5.41, 5.74) is 2.77. The summed E-state index contributed by atoms with van der Waals surface area (Å²) in [4.78, 5) is 2.74. The van der Waals surface area contributed by atoms with E-state index < -0.39 is 0 Å². The largest absolute Gasteiger partial charge is 0.379 e. The Hall–Kier alpha value is -0.940. The molecule has 2 heterocycles. The fourth-order valence-electron chi connectivity index (χ4n) is 4.05. The molecular weight excluding hydrogens is 312 g/mol. The average molecular weight is 347 g/mol. The maximum atomic E-state index is 6.14. The SMILES string of the molecule is CCOCC1CN(C2CCNCC2)C(CCc2ccc(C)cc2)CO1. The molecule has 1 N–H and O–H groups in total. The van der Waals surface area contributed by atoms with Crippen molar-refractivity contribution in [3.63, 3.8) is 0 Å². The Morgan fingerprint density at radius 2 is 1.96 bits per heavy atom. The number of aryl methyl sites for hydroxylation is 2. The molecule has 2 aliphatic heterocycles. The van der Waals surface area contributed by atoms with Crippen LogP contribution in [0.1, 0.15) is 37.3 Å². The van der Waals surface area contributed by atoms with Gasteiger partial charge in [-0.1, -0.05) is 29.8 Å². The molecule has 0 spiro atoms. The molecule has 0 amide bonds. The first-order chi connectivity index (χ1) is 12.3. The van der Waals surface area contributed by atoms with Crippen molar-refractivity contribution in [2.75, 3.05) is 39.5 Å². The molecule has 1 aromatic carbocycles. The molecular formula is C21H34N2O2. The van der Waals surface area contributed by atoms with Gasteiger partial charge < -0.3 is 14.8 Å². The molecule has 2 fully saturated rings. The summed E-state index contributed by atoms with van der Waals surface area (Å²) < 4.78 is 11.8. The quantitative estimate of drug-likeness (QED) is 0.823. The van der Waals surface area contributed by atoms with Gasteiger partial charge in [0, 0.05) is 25.2 Å². The molecule has 2 unspecified atom stereocenters. The minimum atomic E-state index is 0.227. The Kier molecular flexibility index (Phi) is 7.29. The van der Waals surface area contributed by atoms with E-state index in [2.05, 4.69) is 48.3 Å². The highest BCUT2D eigenvalue weighted by Crippen LogP contribution is 2.24. The van der Waals surface area contributed by atoms with Crippen LogP contribution in [0, 0.1) is 6.92 Å². The van der Waals surface area contributed by atoms with Crippen molar-refractivity contribution in [2.45, 2.75) is 57.7 Å². The van der Waals surface area contributed by atoms with Crippen molar-refractivity contribution in [2.24, 2.45) is 0 Å². The van der Waals surface area contributed by atoms with Crippen LogP contribution in [-0.4, -0.2) is 62.5 Å². The van der Waals surface area contributed by atoms with Crippen LogP contribution < -0.4 is 5.32 Å². The molecule has 2 aliphatic rings. The topological polar surface area (TPSA) is 33.7 Å². The molecule has 4 nitrogen and oxygen atoms in total. The summed E-state index contributed by atoms with van der Waals surface area (Å²) >= 11 is 0. The second-order valence-electron chi connectivity index (χ2n) is 7.47. The van der Waals surface area contributed by atoms with Crippen molar-refractivity contribution < 1.29 is 9.47 Å². The summed E-state index contributed by atoms with van der Waals surface area (Å²) in [6.07, 6.45) is 5.04. The molecule has 1 aromatic rings. The van der Waals surface area contributed by atoms with Crippen LogP contribution >= 0.6 is 0 Å². The molecule has 25 heavy (non-hydrogen) atoms. The molecule has 2 atom stereocenters. The van der Waals surface area contributed by atoms with Crippen LogP contribution in [0.3, 0.4) is 0 Å². The van der Waals surface area contributed by atoms with Crippen LogP contribution in [0.25, 0.3) is 0 Å². The number of ether oxygens (including phenoxy) is 2. The summed E-state index contributed by atoms with van der Waals surface area (Å²) in [7, 11) is 0. The normalized spacial score (nSPS) is 26.0. The summed E-state index contributed by atoms with van der Waals surface area (Å²) in [5, 5.41) is 3.49. The van der Waals surface area contributed by atoms with Gasteiger partial charge in [0.1, 0.15) is 0 Å². The highest BCUT2D eigenvalue weighted by Gasteiger charge is 2.34. The van der Waals surface area contributed by atoms with Crippen LogP contribution in [0.2, 0.25) is 0 Å². The molecule has 0 bridgehead atoms. The lowest BCUT2D eigenvalue weighted by molar-refractivity contribution is -0.109. The minimum Gasteiger partial charge on any atom is -0.379 e. The van der Waals surface area contributed by atoms with E-state index in [1.165, 1.54) is 30.4 Å². The number of nitrogens with one attached hydrogen (secondary N) is 1. The van der Waals surface area contributed by atoms with Crippen molar-refractivity contribution >= 4 is 0 Å². The predicted molar refractivity (Wildman–Crippen MR) is 102 cm³/mol. The molecule has 4 heteroatoms. The van der Waals surface area contributed by atoms with Crippen molar-refractivity contribution in [3.8, 4) is 0 Å². The van der Waals surface area contributed by atoms with E-state index in [0.29, 0.717) is 12.1 Å². The second-order valence-corrected chi connectivity index (χ2v) is 7.47. The molecule has 140 valence electrons. The first kappa shape index (κ1) is 18.8. The van der Waals surface area contributed by atoms with Crippen LogP contribution in [0.15, 0.2) is 24.3 Å². The first-order valence-corrected chi connectivity index (χ1v) is 9.97. The lowest BCUT2D eigenvalue weighted by Gasteiger charge is -2.45. The van der Waals surface area contributed by atoms with Gasteiger partial charge in [-0.15, -0.1) is 0 Å². The van der Waals surface area contributed by atoms with Gasteiger partial charge in [-0.05, 0) is 58.2 Å². The fourth-order valence-corrected chi connectivity index (χ4v) is 4.05. The molecule has 0 aliphatic carbocycles. The Morgan fingerprint density at radius 1 is 1.20 bits per heavy atom. The molecule has 0 radical (unpaired) electrons. The third-order valence-corrected chi connectivity index (χ3v) is 5.58. The molecule has 3 rings (SSSR count). The van der Waals surface area contributed by atoms with Crippen molar-refractivity contribution in [1.82, 2.24) is 10.2 Å². The van der Waals surface area contributed by atoms with E-state index in [4.69, 9.17) is 9.47 Å². The summed E-state index contributed by atoms with van der Waals surface area (Å²) in [6.45, 7) is 9.84. The lowest BCUT2D eigenvalue weighted by Crippen LogP contribution is -2.57. The average Bonchev–Trinajstić information content (AvgIpc) is 2.67. The highest BCUT2D eigenvalue weighted by molar-refractivity contribution is 5.21. The molecule has 0 saturated carbocycles. The van der Waals surface area contributed by atoms with Gasteiger partial charge in [-0.2, -0.15) is 0 Å². The van der Waals surface area contributed by atoms with E-state index in [1.807, 2.05) is 0 Å². The minimum absolute atomic E-state index is 0.227. The lowest BCUT2D eigenvalue weighted by atomic mass is 9.97. The van der Waals surface area contributed by atoms with E-state index >= 15 is 0 Å². The van der Waals surface area contributed by atoms with Crippen LogP contribution in [0.4, 0.5) is 0 Å². The Bertz CT molecular complexity index is 499. The number of hydrogen-bond donors (Lipinski definition) is 1. The monoisotopic (exact) mass is 346 g/mol. The number of hydrogen-bond acceptors (Lipinski definition) is 4. The third-order valence-electron chi connectivity index (χ3n) is 5.58. The van der Waals surface area contributed by atoms with Gasteiger partial charge >= 0.3 is 0 Å². The van der Waals surface area contributed by atoms with Crippen molar-refractivity contribution in [1.29, 1.82) is 0 Å². The number of nitrogens with zero attached hydrogens (tertiary/aromatic N) is 1. The number of piperidine rings is 1. The Labute approximate surface area is 152 Å². The van der Waals surface area contributed by atoms with Gasteiger partial charge in [0.25, 0.3) is 0 Å². The summed E-state index contributed by atoms with van der Waals surface area (Å²) in [6, 6.07) is 10.2. The smallest absolute Gasteiger partial charge is 0.0935 e. The van der Waals surface area contributed by atoms with Gasteiger partial charge in [-0.25, -0.2) is 0 Å². The number of rotatable bonds is 7. The zero-order chi connectivity index (χ0) is 17.5. The van der Waals surface area contributed by atoms with Gasteiger partial charge in [0.2, 0.25) is 0 Å². The van der Waals surface area contributed by atoms with Gasteiger partial charge in [0.15, 0.2) is 0 Å². The predicted octanol–water partition coefficient (Wildman–Crippen LogP) is 2.79. The third kappa shape index (κ3) is 5.52. The Balaban J connectivity index is 1.59. The van der Waals surface area contributed by atoms with Gasteiger partial charge in [-0.3, -0.25) is 4.90 Å². The zero-order valence-corrected chi connectivity index (χ0v) is 15.9. The standard InChI is InChI=1S/C21H34N2O2/c1-3-24-16-21-14-23(19-10-12-22-13-11-19)20(15-25-21)9-8-18-6-4-17(2)5-7-18/h4-7,19-22H,3,8-16H2,1-2H3. The molecule has 0 aromatic heterocycles. The van der Waals surface area contributed by atoms with E-state index in [-0.39, 0.29) is 6.10 Å². The van der Waals surface area contributed by atoms with Gasteiger partial charge in [0.05, 0.1) is 19.3 Å². The van der Waals surface area contributed by atoms with E-state index in [1.54, 1.807) is 0 Å². The van der Waals surface area contributed by atoms with E-state index in [0.717, 1.165) is 45.9 Å². The zero-order valence-electron chi connectivity index (χ0n) is 15.9. The second kappa shape index (κ2) is 9.67. The maximum absolute atomic E-state index is 6.14. The van der Waals surface area contributed by atoms with Crippen LogP contribution in [-0.2, 0) is 15.9 Å². The van der Waals surface area contributed by atoms with Crippen molar-refractivity contribution in [3.05, 3.63) is 35.4 Å². The number of morpholine rings is 1. The first-order valence-electron chi connectivity index (χ1n) is 9.97. The summed E-state index contributed by atoms with van der Waals surface area (Å²) in [5.74, 6) is 0. The maximum Gasteiger partial charge on any atom is 0.0935 e. The number of benzene rings is 1. The fraction of sp³-hybridized carbons (Fsp3) is 0.714. The Morgan fingerprint density at radius 3 is 2.68 bits per heavy atom. The molecule has 2 saturated heterocycles. The highest BCUT2D eigenvalue weighted by atomic mass is 16.5. The van der Waals surface area contributed by atoms with E-state index in [9.17, 15) is 0 Å².